The van der Waals surface area contributed by atoms with Gasteiger partial charge in [-0.3, -0.25) is 0 Å². The van der Waals surface area contributed by atoms with Gasteiger partial charge >= 0.3 is 0 Å². The van der Waals surface area contributed by atoms with Crippen molar-refractivity contribution in [3.8, 4) is 0 Å². The third-order valence-electron chi connectivity index (χ3n) is 2.33. The van der Waals surface area contributed by atoms with E-state index in [0.29, 0.717) is 0 Å². The highest BCUT2D eigenvalue weighted by atomic mass is 32.2. The fourth-order valence-electron chi connectivity index (χ4n) is 1.37. The molecular formula is C5H11BO5S. The van der Waals surface area contributed by atoms with Crippen LogP contribution >= 0.6 is 0 Å². The van der Waals surface area contributed by atoms with Gasteiger partial charge in [-0.05, 0) is 0 Å². The highest BCUT2D eigenvalue weighted by Crippen LogP contribution is 2.25. The number of aliphatic hydroxyl groups is 3. The minimum atomic E-state index is -3.56. The van der Waals surface area contributed by atoms with Gasteiger partial charge in [-0.25, -0.2) is 8.42 Å². The average Bonchev–Trinajstić information content (AvgIpc) is 2.13. The quantitative estimate of drug-likeness (QED) is 0.376. The molecule has 0 bridgehead atoms. The third-order valence-corrected chi connectivity index (χ3v) is 4.92. The van der Waals surface area contributed by atoms with Gasteiger partial charge in [0.2, 0.25) is 0 Å². The van der Waals surface area contributed by atoms with E-state index in [1.165, 1.54) is 7.85 Å². The zero-order valence-corrected chi connectivity index (χ0v) is 7.40. The molecular weight excluding hydrogens is 183 g/mol. The van der Waals surface area contributed by atoms with Crippen molar-refractivity contribution in [1.82, 2.24) is 0 Å². The monoisotopic (exact) mass is 194 g/mol. The smallest absolute Gasteiger partial charge is 0.155 e. The molecule has 7 heteroatoms. The number of hydrogen-bond acceptors (Lipinski definition) is 5. The highest BCUT2D eigenvalue weighted by molar-refractivity contribution is 7.94. The molecule has 1 aliphatic rings. The summed E-state index contributed by atoms with van der Waals surface area (Å²) >= 11 is 0. The van der Waals surface area contributed by atoms with Crippen LogP contribution in [-0.4, -0.2) is 60.8 Å². The van der Waals surface area contributed by atoms with E-state index in [0.717, 1.165) is 0 Å². The van der Waals surface area contributed by atoms with Crippen LogP contribution in [0.4, 0.5) is 0 Å². The molecule has 70 valence electrons. The number of aliphatic hydroxyl groups excluding tert-OH is 3. The number of sulfone groups is 1. The molecule has 3 N–H and O–H groups in total. The Hall–Kier alpha value is -0.105. The molecule has 0 aliphatic carbocycles. The van der Waals surface area contributed by atoms with E-state index in [9.17, 15) is 13.5 Å². The zero-order valence-electron chi connectivity index (χ0n) is 6.58. The maximum atomic E-state index is 11.3. The Morgan fingerprint density at radius 3 is 1.92 bits per heavy atom. The van der Waals surface area contributed by atoms with Crippen LogP contribution in [-0.2, 0) is 9.84 Å². The first-order chi connectivity index (χ1) is 5.42. The summed E-state index contributed by atoms with van der Waals surface area (Å²) in [6, 6.07) is 0. The molecule has 0 saturated carbocycles. The van der Waals surface area contributed by atoms with Gasteiger partial charge in [0.25, 0.3) is 0 Å². The first-order valence-corrected chi connectivity index (χ1v) is 5.23. The summed E-state index contributed by atoms with van der Waals surface area (Å²) in [4.78, 5) is 0. The molecule has 0 radical (unpaired) electrons. The maximum Gasteiger partial charge on any atom is 0.155 e. The Bertz CT molecular complexity index is 263. The fraction of sp³-hybridized carbons (Fsp3) is 1.00. The second-order valence-corrected chi connectivity index (χ2v) is 5.52. The van der Waals surface area contributed by atoms with E-state index in [1.807, 2.05) is 0 Å². The van der Waals surface area contributed by atoms with Crippen molar-refractivity contribution in [2.45, 2.75) is 22.6 Å². The molecule has 1 rings (SSSR count). The van der Waals surface area contributed by atoms with E-state index in [-0.39, 0.29) is 0 Å². The molecule has 1 fully saturated rings. The normalized spacial score (nSPS) is 46.2. The van der Waals surface area contributed by atoms with Crippen LogP contribution in [0.1, 0.15) is 0 Å². The van der Waals surface area contributed by atoms with E-state index < -0.39 is 39.1 Å². The van der Waals surface area contributed by atoms with Crippen molar-refractivity contribution in [3.63, 3.8) is 0 Å². The van der Waals surface area contributed by atoms with Crippen LogP contribution in [0.15, 0.2) is 0 Å². The van der Waals surface area contributed by atoms with Crippen LogP contribution in [0.2, 0.25) is 0 Å². The Balaban J connectivity index is 3.05. The van der Waals surface area contributed by atoms with Crippen LogP contribution in [0.5, 0.6) is 0 Å². The molecule has 1 aliphatic heterocycles. The van der Waals surface area contributed by atoms with Gasteiger partial charge < -0.3 is 15.3 Å². The van der Waals surface area contributed by atoms with Crippen LogP contribution in [0, 0.1) is 0 Å². The van der Waals surface area contributed by atoms with Crippen molar-refractivity contribution < 1.29 is 23.7 Å². The van der Waals surface area contributed by atoms with Gasteiger partial charge in [0, 0.05) is 0 Å². The Labute approximate surface area is 71.4 Å². The van der Waals surface area contributed by atoms with Crippen LogP contribution in [0.3, 0.4) is 0 Å². The molecule has 1 saturated heterocycles. The van der Waals surface area contributed by atoms with Crippen molar-refractivity contribution >= 4 is 17.7 Å². The fourth-order valence-corrected chi connectivity index (χ4v) is 3.23. The first-order valence-electron chi connectivity index (χ1n) is 3.62. The predicted octanol–water partition coefficient (Wildman–Crippen LogP) is -3.54. The van der Waals surface area contributed by atoms with E-state index in [2.05, 4.69) is 0 Å². The second kappa shape index (κ2) is 2.99. The summed E-state index contributed by atoms with van der Waals surface area (Å²) in [5.74, 6) is 0. The molecule has 0 amide bonds. The van der Waals surface area contributed by atoms with Gasteiger partial charge in [-0.15, -0.1) is 0 Å². The first kappa shape index (κ1) is 9.98. The summed E-state index contributed by atoms with van der Waals surface area (Å²) < 4.78 is 22.5. The molecule has 0 aromatic rings. The predicted molar refractivity (Wildman–Crippen MR) is 44.1 cm³/mol. The van der Waals surface area contributed by atoms with E-state index >= 15 is 0 Å². The molecule has 1 heterocycles. The second-order valence-electron chi connectivity index (χ2n) is 3.00. The third kappa shape index (κ3) is 1.17. The lowest BCUT2D eigenvalue weighted by Crippen LogP contribution is -2.34. The van der Waals surface area contributed by atoms with E-state index in [4.69, 9.17) is 10.2 Å². The van der Waals surface area contributed by atoms with Gasteiger partial charge in [0.05, 0.1) is 24.0 Å². The van der Waals surface area contributed by atoms with E-state index in [1.54, 1.807) is 0 Å². The van der Waals surface area contributed by atoms with Crippen molar-refractivity contribution in [3.05, 3.63) is 0 Å². The Morgan fingerprint density at radius 1 is 1.25 bits per heavy atom. The number of hydrogen-bond donors (Lipinski definition) is 3. The lowest BCUT2D eigenvalue weighted by molar-refractivity contribution is 0.0282. The van der Waals surface area contributed by atoms with Gasteiger partial charge in [0.15, 0.2) is 9.84 Å². The lowest BCUT2D eigenvalue weighted by Gasteiger charge is -2.10. The van der Waals surface area contributed by atoms with Crippen LogP contribution in [0.25, 0.3) is 0 Å². The largest absolute Gasteiger partial charge is 0.395 e. The summed E-state index contributed by atoms with van der Waals surface area (Å²) in [6.07, 6.45) is -2.65. The lowest BCUT2D eigenvalue weighted by atomic mass is 9.94. The Kier molecular flexibility index (Phi) is 2.48. The zero-order chi connectivity index (χ0) is 9.52. The Morgan fingerprint density at radius 2 is 1.75 bits per heavy atom. The molecule has 0 aromatic carbocycles. The van der Waals surface area contributed by atoms with Gasteiger partial charge in [-0.1, -0.05) is 0 Å². The van der Waals surface area contributed by atoms with Crippen molar-refractivity contribution in [2.24, 2.45) is 0 Å². The average molecular weight is 194 g/mol. The summed E-state index contributed by atoms with van der Waals surface area (Å²) in [6.45, 7) is -0.648. The number of rotatable bonds is 1. The van der Waals surface area contributed by atoms with Gasteiger partial charge in [0.1, 0.15) is 13.1 Å². The molecule has 5 nitrogen and oxygen atoms in total. The summed E-state index contributed by atoms with van der Waals surface area (Å²) in [5.41, 5.74) is 0. The topological polar surface area (TPSA) is 94.8 Å². The SMILES string of the molecule is B[C@H]1C(O)C(O)[C@@H](CO)S1(=O)=O. The summed E-state index contributed by atoms with van der Waals surface area (Å²) in [7, 11) is -2.25. The molecule has 0 aromatic heterocycles. The van der Waals surface area contributed by atoms with Crippen molar-refractivity contribution in [2.75, 3.05) is 6.61 Å². The minimum Gasteiger partial charge on any atom is -0.395 e. The molecule has 2 unspecified atom stereocenters. The van der Waals surface area contributed by atoms with Crippen LogP contribution < -0.4 is 0 Å². The van der Waals surface area contributed by atoms with Crippen molar-refractivity contribution in [1.29, 1.82) is 0 Å². The standard InChI is InChI=1S/C5H11BO5S/c6-5-4(9)3(8)2(1-7)12(5,10)11/h2-5,7-9H,1,6H2/t2-,3?,4?,5-/m1/s1. The minimum absolute atomic E-state index is 0.648. The maximum absolute atomic E-state index is 11.3. The molecule has 0 spiro atoms. The molecule has 12 heavy (non-hydrogen) atoms. The molecule has 4 atom stereocenters. The van der Waals surface area contributed by atoms with Gasteiger partial charge in [-0.2, -0.15) is 0 Å². The summed E-state index contributed by atoms with van der Waals surface area (Å²) in [5, 5.41) is 24.8. The highest BCUT2D eigenvalue weighted by Gasteiger charge is 2.50.